The number of para-hydroxylation sites is 1. The molecular formula is C23H28N2O5S2. The fraction of sp³-hybridized carbons (Fsp3) is 0.391. The van der Waals surface area contributed by atoms with Gasteiger partial charge in [-0.2, -0.15) is 4.31 Å². The first kappa shape index (κ1) is 24.3. The van der Waals surface area contributed by atoms with E-state index in [2.05, 4.69) is 6.92 Å². The van der Waals surface area contributed by atoms with Crippen molar-refractivity contribution in [2.45, 2.75) is 42.2 Å². The lowest BCUT2D eigenvalue weighted by atomic mass is 10.2. The topological polar surface area (TPSA) is 84.0 Å². The summed E-state index contributed by atoms with van der Waals surface area (Å²) in [5.74, 6) is -1.05. The van der Waals surface area contributed by atoms with Crippen molar-refractivity contribution in [3.05, 3.63) is 54.1 Å². The van der Waals surface area contributed by atoms with Gasteiger partial charge in [-0.05, 0) is 36.8 Å². The van der Waals surface area contributed by atoms with Crippen molar-refractivity contribution in [3.8, 4) is 0 Å². The number of ether oxygens (including phenoxy) is 1. The van der Waals surface area contributed by atoms with Gasteiger partial charge in [0.05, 0.1) is 16.1 Å². The third-order valence-electron chi connectivity index (χ3n) is 5.28. The van der Waals surface area contributed by atoms with Crippen molar-refractivity contribution in [3.63, 3.8) is 0 Å². The lowest BCUT2D eigenvalue weighted by molar-refractivity contribution is -0.121. The van der Waals surface area contributed by atoms with Gasteiger partial charge in [-0.25, -0.2) is 13.2 Å². The van der Waals surface area contributed by atoms with E-state index < -0.39 is 22.6 Å². The highest BCUT2D eigenvalue weighted by atomic mass is 32.2. The molecule has 1 aliphatic heterocycles. The Labute approximate surface area is 193 Å². The third kappa shape index (κ3) is 5.33. The molecule has 0 aromatic heterocycles. The van der Waals surface area contributed by atoms with Gasteiger partial charge in [0.25, 0.3) is 5.91 Å². The third-order valence-corrected chi connectivity index (χ3v) is 8.57. The number of carbonyl (C=O) groups excluding carboxylic acids is 2. The minimum atomic E-state index is -3.70. The number of esters is 1. The van der Waals surface area contributed by atoms with Crippen LogP contribution in [0.1, 0.15) is 37.6 Å². The Bertz CT molecular complexity index is 1080. The first-order valence-corrected chi connectivity index (χ1v) is 12.9. The molecule has 0 radical (unpaired) electrons. The maximum Gasteiger partial charge on any atom is 0.338 e. The largest absolute Gasteiger partial charge is 0.452 e. The monoisotopic (exact) mass is 476 g/mol. The van der Waals surface area contributed by atoms with Crippen molar-refractivity contribution in [2.24, 2.45) is 0 Å². The van der Waals surface area contributed by atoms with E-state index in [1.807, 2.05) is 24.3 Å². The van der Waals surface area contributed by atoms with Crippen molar-refractivity contribution in [1.82, 2.24) is 4.31 Å². The number of fused-ring (bicyclic) bond motifs is 1. The maximum absolute atomic E-state index is 12.9. The quantitative estimate of drug-likeness (QED) is 0.566. The molecule has 1 aliphatic rings. The van der Waals surface area contributed by atoms with Crippen LogP contribution in [0.5, 0.6) is 0 Å². The molecule has 2 aromatic carbocycles. The molecule has 9 heteroatoms. The van der Waals surface area contributed by atoms with Crippen LogP contribution in [0.15, 0.2) is 58.3 Å². The van der Waals surface area contributed by atoms with E-state index in [-0.39, 0.29) is 16.4 Å². The Morgan fingerprint density at radius 3 is 2.56 bits per heavy atom. The lowest BCUT2D eigenvalue weighted by Crippen LogP contribution is -2.35. The van der Waals surface area contributed by atoms with Crippen molar-refractivity contribution < 1.29 is 22.7 Å². The number of carbonyl (C=O) groups is 2. The Morgan fingerprint density at radius 2 is 1.84 bits per heavy atom. The summed E-state index contributed by atoms with van der Waals surface area (Å²) in [6, 6.07) is 13.4. The number of rotatable bonds is 7. The fourth-order valence-corrected chi connectivity index (χ4v) is 6.15. The van der Waals surface area contributed by atoms with Gasteiger partial charge in [0.15, 0.2) is 6.61 Å². The van der Waals surface area contributed by atoms with Gasteiger partial charge < -0.3 is 9.64 Å². The summed E-state index contributed by atoms with van der Waals surface area (Å²) in [5, 5.41) is 0.368. The minimum Gasteiger partial charge on any atom is -0.452 e. The number of hydrogen-bond donors (Lipinski definition) is 0. The minimum absolute atomic E-state index is 0.0226. The average Bonchev–Trinajstić information content (AvgIpc) is 2.96. The number of benzene rings is 2. The SMILES string of the molecule is CCN(CC)S(=O)(=O)c1cccc(C(=O)OCC(=O)N2CCC(C)Sc3ccccc32)c1. The Kier molecular flexibility index (Phi) is 7.97. The van der Waals surface area contributed by atoms with Crippen LogP contribution in [0.25, 0.3) is 0 Å². The predicted octanol–water partition coefficient (Wildman–Crippen LogP) is 3.79. The summed E-state index contributed by atoms with van der Waals surface area (Å²) in [6.07, 6.45) is 0.824. The summed E-state index contributed by atoms with van der Waals surface area (Å²) in [7, 11) is -3.70. The van der Waals surface area contributed by atoms with Gasteiger partial charge in [-0.15, -0.1) is 11.8 Å². The molecule has 0 N–H and O–H groups in total. The number of thioether (sulfide) groups is 1. The molecule has 2 aromatic rings. The molecule has 0 bridgehead atoms. The molecule has 172 valence electrons. The van der Waals surface area contributed by atoms with Crippen LogP contribution in [0.2, 0.25) is 0 Å². The summed E-state index contributed by atoms with van der Waals surface area (Å²) in [6.45, 7) is 6.41. The van der Waals surface area contributed by atoms with Gasteiger partial charge >= 0.3 is 5.97 Å². The van der Waals surface area contributed by atoms with E-state index in [0.717, 1.165) is 17.0 Å². The second-order valence-electron chi connectivity index (χ2n) is 7.42. The molecular weight excluding hydrogens is 448 g/mol. The van der Waals surface area contributed by atoms with Gasteiger partial charge in [0.2, 0.25) is 10.0 Å². The highest BCUT2D eigenvalue weighted by Gasteiger charge is 2.26. The van der Waals surface area contributed by atoms with Crippen LogP contribution >= 0.6 is 11.8 Å². The second-order valence-corrected chi connectivity index (χ2v) is 10.8. The van der Waals surface area contributed by atoms with Crippen molar-refractivity contribution >= 4 is 39.3 Å². The van der Waals surface area contributed by atoms with Crippen molar-refractivity contribution in [2.75, 3.05) is 31.1 Å². The first-order valence-electron chi connectivity index (χ1n) is 10.6. The molecule has 0 saturated heterocycles. The van der Waals surface area contributed by atoms with Gasteiger partial charge in [-0.1, -0.05) is 39.0 Å². The zero-order chi connectivity index (χ0) is 23.3. The smallest absolute Gasteiger partial charge is 0.338 e. The molecule has 1 heterocycles. The summed E-state index contributed by atoms with van der Waals surface area (Å²) < 4.78 is 32.0. The molecule has 32 heavy (non-hydrogen) atoms. The molecule has 0 saturated carbocycles. The highest BCUT2D eigenvalue weighted by molar-refractivity contribution is 8.00. The molecule has 1 unspecified atom stereocenters. The molecule has 1 amide bonds. The first-order chi connectivity index (χ1) is 15.3. The average molecular weight is 477 g/mol. The van der Waals surface area contributed by atoms with E-state index in [4.69, 9.17) is 4.74 Å². The summed E-state index contributed by atoms with van der Waals surface area (Å²) >= 11 is 1.72. The van der Waals surface area contributed by atoms with E-state index in [1.165, 1.54) is 28.6 Å². The van der Waals surface area contributed by atoms with E-state index in [0.29, 0.717) is 24.9 Å². The molecule has 1 atom stereocenters. The van der Waals surface area contributed by atoms with E-state index >= 15 is 0 Å². The normalized spacial score (nSPS) is 16.4. The fourth-order valence-electron chi connectivity index (χ4n) is 3.53. The van der Waals surface area contributed by atoms with Crippen LogP contribution < -0.4 is 4.90 Å². The Hall–Kier alpha value is -2.36. The summed E-state index contributed by atoms with van der Waals surface area (Å²) in [4.78, 5) is 28.2. The summed E-state index contributed by atoms with van der Waals surface area (Å²) in [5.41, 5.74) is 0.904. The zero-order valence-corrected chi connectivity index (χ0v) is 20.1. The lowest BCUT2D eigenvalue weighted by Gasteiger charge is -2.22. The Balaban J connectivity index is 1.72. The van der Waals surface area contributed by atoms with Crippen LogP contribution in [-0.4, -0.2) is 56.1 Å². The molecule has 7 nitrogen and oxygen atoms in total. The number of hydrogen-bond acceptors (Lipinski definition) is 6. The van der Waals surface area contributed by atoms with Gasteiger partial charge in [0, 0.05) is 29.8 Å². The Morgan fingerprint density at radius 1 is 1.12 bits per heavy atom. The van der Waals surface area contributed by atoms with Gasteiger partial charge in [-0.3, -0.25) is 4.79 Å². The number of sulfonamides is 1. The predicted molar refractivity (Wildman–Crippen MR) is 126 cm³/mol. The van der Waals surface area contributed by atoms with Crippen LogP contribution in [0.4, 0.5) is 5.69 Å². The van der Waals surface area contributed by atoms with Crippen LogP contribution in [0, 0.1) is 0 Å². The number of amides is 1. The van der Waals surface area contributed by atoms with E-state index in [9.17, 15) is 18.0 Å². The zero-order valence-electron chi connectivity index (χ0n) is 18.5. The highest BCUT2D eigenvalue weighted by Crippen LogP contribution is 2.37. The molecule has 0 spiro atoms. The standard InChI is InChI=1S/C23H28N2O5S2/c1-4-24(5-2)32(28,29)19-10-8-9-18(15-19)23(27)30-16-22(26)25-14-13-17(3)31-21-12-7-6-11-20(21)25/h6-12,15,17H,4-5,13-14,16H2,1-3H3. The second kappa shape index (κ2) is 10.5. The van der Waals surface area contributed by atoms with Crippen LogP contribution in [0.3, 0.4) is 0 Å². The number of anilines is 1. The van der Waals surface area contributed by atoms with Gasteiger partial charge in [0.1, 0.15) is 0 Å². The molecule has 0 fully saturated rings. The molecule has 3 rings (SSSR count). The molecule has 0 aliphatic carbocycles. The van der Waals surface area contributed by atoms with E-state index in [1.54, 1.807) is 30.5 Å². The van der Waals surface area contributed by atoms with Crippen molar-refractivity contribution in [1.29, 1.82) is 0 Å². The van der Waals surface area contributed by atoms with Crippen LogP contribution in [-0.2, 0) is 19.6 Å². The maximum atomic E-state index is 12.9. The number of nitrogens with zero attached hydrogens (tertiary/aromatic N) is 2.